The largest absolute Gasteiger partial charge is 0.478 e. The highest BCUT2D eigenvalue weighted by atomic mass is 16.5. The molecule has 6 heteroatoms. The highest BCUT2D eigenvalue weighted by Crippen LogP contribution is 2.11. The van der Waals surface area contributed by atoms with Gasteiger partial charge in [0.2, 0.25) is 0 Å². The number of hydrogen-bond acceptors (Lipinski definition) is 4. The molecule has 1 aromatic heterocycles. The SMILES string of the molecule is COCCn1nc(C(C)C)cc(/C=C/C(=O)O)c1=O. The molecule has 0 fully saturated rings. The molecule has 19 heavy (non-hydrogen) atoms. The first-order valence-electron chi connectivity index (χ1n) is 5.97. The maximum absolute atomic E-state index is 12.1. The first kappa shape index (κ1) is 15.1. The molecule has 1 rings (SSSR count). The van der Waals surface area contributed by atoms with Gasteiger partial charge in [-0.1, -0.05) is 13.8 Å². The van der Waals surface area contributed by atoms with E-state index in [9.17, 15) is 9.59 Å². The molecular formula is C13H18N2O4. The zero-order valence-corrected chi connectivity index (χ0v) is 11.3. The van der Waals surface area contributed by atoms with Gasteiger partial charge in [0, 0.05) is 18.7 Å². The van der Waals surface area contributed by atoms with Gasteiger partial charge in [0.15, 0.2) is 0 Å². The van der Waals surface area contributed by atoms with Gasteiger partial charge < -0.3 is 9.84 Å². The molecule has 0 amide bonds. The van der Waals surface area contributed by atoms with E-state index in [1.165, 1.54) is 10.8 Å². The van der Waals surface area contributed by atoms with Crippen molar-refractivity contribution >= 4 is 12.0 Å². The highest BCUT2D eigenvalue weighted by Gasteiger charge is 2.09. The van der Waals surface area contributed by atoms with Crippen molar-refractivity contribution in [3.8, 4) is 0 Å². The second kappa shape index (κ2) is 6.84. The number of nitrogens with zero attached hydrogens (tertiary/aromatic N) is 2. The van der Waals surface area contributed by atoms with Crippen LogP contribution in [0.3, 0.4) is 0 Å². The Morgan fingerprint density at radius 3 is 2.79 bits per heavy atom. The van der Waals surface area contributed by atoms with E-state index in [4.69, 9.17) is 9.84 Å². The molecule has 0 aliphatic carbocycles. The Labute approximate surface area is 111 Å². The number of carbonyl (C=O) groups is 1. The average molecular weight is 266 g/mol. The zero-order chi connectivity index (χ0) is 14.4. The van der Waals surface area contributed by atoms with Crippen molar-refractivity contribution in [2.24, 2.45) is 0 Å². The van der Waals surface area contributed by atoms with E-state index >= 15 is 0 Å². The fraction of sp³-hybridized carbons (Fsp3) is 0.462. The smallest absolute Gasteiger partial charge is 0.328 e. The predicted octanol–water partition coefficient (Wildman–Crippen LogP) is 1.11. The van der Waals surface area contributed by atoms with Crippen LogP contribution >= 0.6 is 0 Å². The van der Waals surface area contributed by atoms with E-state index in [1.54, 1.807) is 13.2 Å². The Morgan fingerprint density at radius 2 is 2.26 bits per heavy atom. The number of methoxy groups -OCH3 is 1. The van der Waals surface area contributed by atoms with Crippen LogP contribution in [0.2, 0.25) is 0 Å². The van der Waals surface area contributed by atoms with Gasteiger partial charge in [-0.05, 0) is 18.1 Å². The van der Waals surface area contributed by atoms with Gasteiger partial charge in [0.05, 0.1) is 18.8 Å². The normalized spacial score (nSPS) is 11.4. The van der Waals surface area contributed by atoms with Crippen LogP contribution < -0.4 is 5.56 Å². The van der Waals surface area contributed by atoms with Crippen molar-refractivity contribution in [2.75, 3.05) is 13.7 Å². The van der Waals surface area contributed by atoms with Crippen molar-refractivity contribution in [3.05, 3.63) is 33.8 Å². The number of aromatic nitrogens is 2. The van der Waals surface area contributed by atoms with Crippen molar-refractivity contribution in [1.82, 2.24) is 9.78 Å². The standard InChI is InChI=1S/C13H18N2O4/c1-9(2)11-8-10(4-5-12(16)17)13(18)15(14-11)6-7-19-3/h4-5,8-9H,6-7H2,1-3H3,(H,16,17)/b5-4+. The van der Waals surface area contributed by atoms with Crippen molar-refractivity contribution < 1.29 is 14.6 Å². The molecule has 0 aliphatic rings. The molecule has 0 bridgehead atoms. The number of rotatable bonds is 6. The van der Waals surface area contributed by atoms with E-state index in [0.29, 0.717) is 18.7 Å². The number of carboxylic acids is 1. The summed E-state index contributed by atoms with van der Waals surface area (Å²) in [4.78, 5) is 22.6. The van der Waals surface area contributed by atoms with Crippen LogP contribution in [0.1, 0.15) is 31.0 Å². The van der Waals surface area contributed by atoms with Gasteiger partial charge in [-0.25, -0.2) is 9.48 Å². The number of carboxylic acid groups (broad SMARTS) is 1. The minimum Gasteiger partial charge on any atom is -0.478 e. The maximum atomic E-state index is 12.1. The lowest BCUT2D eigenvalue weighted by Gasteiger charge is -2.10. The van der Waals surface area contributed by atoms with Crippen LogP contribution in [-0.4, -0.2) is 34.6 Å². The van der Waals surface area contributed by atoms with Gasteiger partial charge >= 0.3 is 5.97 Å². The highest BCUT2D eigenvalue weighted by molar-refractivity contribution is 5.85. The third-order valence-corrected chi connectivity index (χ3v) is 2.53. The summed E-state index contributed by atoms with van der Waals surface area (Å²) >= 11 is 0. The number of ether oxygens (including phenoxy) is 1. The maximum Gasteiger partial charge on any atom is 0.328 e. The topological polar surface area (TPSA) is 81.4 Å². The summed E-state index contributed by atoms with van der Waals surface area (Å²) in [6, 6.07) is 1.62. The second-order valence-corrected chi connectivity index (χ2v) is 4.37. The summed E-state index contributed by atoms with van der Waals surface area (Å²) in [6.45, 7) is 4.62. The molecule has 0 atom stereocenters. The third kappa shape index (κ3) is 4.33. The van der Waals surface area contributed by atoms with E-state index in [-0.39, 0.29) is 11.5 Å². The lowest BCUT2D eigenvalue weighted by atomic mass is 10.1. The molecule has 0 radical (unpaired) electrons. The number of aliphatic carboxylic acids is 1. The molecular weight excluding hydrogens is 248 g/mol. The van der Waals surface area contributed by atoms with Crippen LogP contribution in [0, 0.1) is 0 Å². The lowest BCUT2D eigenvalue weighted by Crippen LogP contribution is -2.28. The zero-order valence-electron chi connectivity index (χ0n) is 11.3. The van der Waals surface area contributed by atoms with Crippen LogP contribution in [0.15, 0.2) is 16.9 Å². The molecule has 6 nitrogen and oxygen atoms in total. The first-order chi connectivity index (χ1) is 8.95. The van der Waals surface area contributed by atoms with Crippen LogP contribution in [0.5, 0.6) is 0 Å². The molecule has 0 spiro atoms. The van der Waals surface area contributed by atoms with Crippen molar-refractivity contribution in [3.63, 3.8) is 0 Å². The minimum atomic E-state index is -1.09. The lowest BCUT2D eigenvalue weighted by molar-refractivity contribution is -0.131. The summed E-state index contributed by atoms with van der Waals surface area (Å²) in [7, 11) is 1.54. The van der Waals surface area contributed by atoms with Crippen molar-refractivity contribution in [1.29, 1.82) is 0 Å². The van der Waals surface area contributed by atoms with Gasteiger partial charge in [-0.15, -0.1) is 0 Å². The summed E-state index contributed by atoms with van der Waals surface area (Å²) in [5.74, 6) is -0.947. The summed E-state index contributed by atoms with van der Waals surface area (Å²) < 4.78 is 6.23. The molecule has 0 unspecified atom stereocenters. The minimum absolute atomic E-state index is 0.145. The quantitative estimate of drug-likeness (QED) is 0.780. The molecule has 0 saturated carbocycles. The third-order valence-electron chi connectivity index (χ3n) is 2.53. The van der Waals surface area contributed by atoms with Crippen LogP contribution in [0.4, 0.5) is 0 Å². The fourth-order valence-electron chi connectivity index (χ4n) is 1.48. The van der Waals surface area contributed by atoms with Gasteiger partial charge in [0.1, 0.15) is 0 Å². The van der Waals surface area contributed by atoms with E-state index < -0.39 is 5.97 Å². The van der Waals surface area contributed by atoms with E-state index in [1.807, 2.05) is 13.8 Å². The average Bonchev–Trinajstić information content (AvgIpc) is 2.35. The van der Waals surface area contributed by atoms with E-state index in [2.05, 4.69) is 5.10 Å². The molecule has 0 aromatic carbocycles. The van der Waals surface area contributed by atoms with Crippen LogP contribution in [0.25, 0.3) is 6.08 Å². The fourth-order valence-corrected chi connectivity index (χ4v) is 1.48. The Morgan fingerprint density at radius 1 is 1.58 bits per heavy atom. The van der Waals surface area contributed by atoms with E-state index in [0.717, 1.165) is 11.8 Å². The van der Waals surface area contributed by atoms with Gasteiger partial charge in [-0.2, -0.15) is 5.10 Å². The summed E-state index contributed by atoms with van der Waals surface area (Å²) in [5, 5.41) is 12.9. The summed E-state index contributed by atoms with van der Waals surface area (Å²) in [6.07, 6.45) is 2.24. The molecule has 104 valence electrons. The monoisotopic (exact) mass is 266 g/mol. The Balaban J connectivity index is 3.24. The molecule has 1 N–H and O–H groups in total. The van der Waals surface area contributed by atoms with Gasteiger partial charge in [0.25, 0.3) is 5.56 Å². The molecule has 0 saturated heterocycles. The van der Waals surface area contributed by atoms with Crippen LogP contribution in [-0.2, 0) is 16.1 Å². The predicted molar refractivity (Wildman–Crippen MR) is 71.1 cm³/mol. The first-order valence-corrected chi connectivity index (χ1v) is 5.97. The molecule has 1 aromatic rings. The molecule has 0 aliphatic heterocycles. The molecule has 1 heterocycles. The Bertz CT molecular complexity index is 532. The number of hydrogen-bond donors (Lipinski definition) is 1. The van der Waals surface area contributed by atoms with Crippen molar-refractivity contribution in [2.45, 2.75) is 26.3 Å². The Hall–Kier alpha value is -1.95. The second-order valence-electron chi connectivity index (χ2n) is 4.37. The van der Waals surface area contributed by atoms with Gasteiger partial charge in [-0.3, -0.25) is 4.79 Å². The summed E-state index contributed by atoms with van der Waals surface area (Å²) in [5.41, 5.74) is 0.733. The Kier molecular flexibility index (Phi) is 5.44.